The monoisotopic (exact) mass is 220 g/mol. The third kappa shape index (κ3) is 3.96. The van der Waals surface area contributed by atoms with Crippen molar-refractivity contribution in [3.63, 3.8) is 0 Å². The standard InChI is InChI=1S/C10H20O3S/c1-3-10(13-14(2,11)12)9-7-5-4-6-8-9/h9-10H,3-8H2,1-2H3. The quantitative estimate of drug-likeness (QED) is 0.683. The summed E-state index contributed by atoms with van der Waals surface area (Å²) in [6.07, 6.45) is 7.79. The Kier molecular flexibility index (Phi) is 4.38. The molecule has 1 aliphatic rings. The first kappa shape index (κ1) is 12.0. The van der Waals surface area contributed by atoms with Crippen LogP contribution in [0.2, 0.25) is 0 Å². The third-order valence-corrected chi connectivity index (χ3v) is 3.47. The molecule has 14 heavy (non-hydrogen) atoms. The fourth-order valence-electron chi connectivity index (χ4n) is 2.21. The van der Waals surface area contributed by atoms with E-state index in [1.807, 2.05) is 6.92 Å². The van der Waals surface area contributed by atoms with Crippen LogP contribution >= 0.6 is 0 Å². The minimum Gasteiger partial charge on any atom is -0.267 e. The van der Waals surface area contributed by atoms with Crippen molar-refractivity contribution in [2.75, 3.05) is 6.26 Å². The molecule has 0 radical (unpaired) electrons. The van der Waals surface area contributed by atoms with E-state index >= 15 is 0 Å². The highest BCUT2D eigenvalue weighted by Gasteiger charge is 2.25. The van der Waals surface area contributed by atoms with E-state index in [-0.39, 0.29) is 6.10 Å². The van der Waals surface area contributed by atoms with Crippen LogP contribution in [0.5, 0.6) is 0 Å². The normalized spacial score (nSPS) is 22.1. The molecule has 1 unspecified atom stereocenters. The highest BCUT2D eigenvalue weighted by atomic mass is 32.2. The minimum absolute atomic E-state index is 0.0923. The number of hydrogen-bond acceptors (Lipinski definition) is 3. The molecule has 3 nitrogen and oxygen atoms in total. The average molecular weight is 220 g/mol. The second-order valence-corrected chi connectivity index (χ2v) is 5.75. The first-order chi connectivity index (χ1) is 6.53. The zero-order chi connectivity index (χ0) is 10.6. The van der Waals surface area contributed by atoms with Crippen LogP contribution in [0.25, 0.3) is 0 Å². The smallest absolute Gasteiger partial charge is 0.264 e. The summed E-state index contributed by atoms with van der Waals surface area (Å²) in [5, 5.41) is 0. The van der Waals surface area contributed by atoms with Crippen LogP contribution in [0.15, 0.2) is 0 Å². The molecule has 1 rings (SSSR count). The zero-order valence-electron chi connectivity index (χ0n) is 9.03. The Balaban J connectivity index is 2.52. The lowest BCUT2D eigenvalue weighted by Crippen LogP contribution is -2.27. The fourth-order valence-corrected chi connectivity index (χ4v) is 2.95. The van der Waals surface area contributed by atoms with Gasteiger partial charge in [0.15, 0.2) is 0 Å². The molecule has 0 aromatic heterocycles. The van der Waals surface area contributed by atoms with Gasteiger partial charge in [-0.3, -0.25) is 4.18 Å². The van der Waals surface area contributed by atoms with E-state index in [2.05, 4.69) is 0 Å². The van der Waals surface area contributed by atoms with Gasteiger partial charge in [-0.1, -0.05) is 26.2 Å². The Morgan fingerprint density at radius 3 is 2.29 bits per heavy atom. The molecular formula is C10H20O3S. The molecule has 0 aromatic carbocycles. The van der Waals surface area contributed by atoms with Gasteiger partial charge in [-0.05, 0) is 25.2 Å². The first-order valence-corrected chi connectivity index (χ1v) is 7.23. The lowest BCUT2D eigenvalue weighted by atomic mass is 9.84. The van der Waals surface area contributed by atoms with Gasteiger partial charge in [0.05, 0.1) is 12.4 Å². The van der Waals surface area contributed by atoms with Crippen molar-refractivity contribution in [2.45, 2.75) is 51.6 Å². The van der Waals surface area contributed by atoms with Crippen LogP contribution in [0.4, 0.5) is 0 Å². The van der Waals surface area contributed by atoms with Crippen molar-refractivity contribution in [3.8, 4) is 0 Å². The lowest BCUT2D eigenvalue weighted by Gasteiger charge is -2.28. The Labute approximate surface area is 87.0 Å². The molecule has 0 spiro atoms. The van der Waals surface area contributed by atoms with E-state index in [9.17, 15) is 8.42 Å². The summed E-state index contributed by atoms with van der Waals surface area (Å²) < 4.78 is 27.1. The lowest BCUT2D eigenvalue weighted by molar-refractivity contribution is 0.111. The predicted molar refractivity (Wildman–Crippen MR) is 56.6 cm³/mol. The largest absolute Gasteiger partial charge is 0.267 e. The van der Waals surface area contributed by atoms with E-state index in [1.165, 1.54) is 19.3 Å². The molecule has 0 heterocycles. The molecule has 1 aliphatic carbocycles. The van der Waals surface area contributed by atoms with Crippen LogP contribution < -0.4 is 0 Å². The minimum atomic E-state index is -3.28. The van der Waals surface area contributed by atoms with Crippen molar-refractivity contribution >= 4 is 10.1 Å². The zero-order valence-corrected chi connectivity index (χ0v) is 9.85. The number of hydrogen-bond donors (Lipinski definition) is 0. The molecule has 0 aromatic rings. The first-order valence-electron chi connectivity index (χ1n) is 5.41. The Morgan fingerprint density at radius 1 is 1.29 bits per heavy atom. The average Bonchev–Trinajstić information content (AvgIpc) is 2.14. The van der Waals surface area contributed by atoms with E-state index in [4.69, 9.17) is 4.18 Å². The molecule has 0 amide bonds. The molecular weight excluding hydrogens is 200 g/mol. The second-order valence-electron chi connectivity index (χ2n) is 4.15. The molecule has 0 aliphatic heterocycles. The van der Waals surface area contributed by atoms with Gasteiger partial charge in [0.1, 0.15) is 0 Å². The van der Waals surface area contributed by atoms with Gasteiger partial charge in [-0.25, -0.2) is 0 Å². The summed E-state index contributed by atoms with van der Waals surface area (Å²) in [5.74, 6) is 0.448. The Bertz CT molecular complexity index is 253. The maximum Gasteiger partial charge on any atom is 0.264 e. The van der Waals surface area contributed by atoms with Crippen LogP contribution in [0.1, 0.15) is 45.4 Å². The van der Waals surface area contributed by atoms with Crippen LogP contribution in [0, 0.1) is 5.92 Å². The topological polar surface area (TPSA) is 43.4 Å². The van der Waals surface area contributed by atoms with Gasteiger partial charge in [0.2, 0.25) is 0 Å². The summed E-state index contributed by atoms with van der Waals surface area (Å²) in [5.41, 5.74) is 0. The molecule has 84 valence electrons. The number of rotatable bonds is 4. The summed E-state index contributed by atoms with van der Waals surface area (Å²) in [4.78, 5) is 0. The van der Waals surface area contributed by atoms with Crippen molar-refractivity contribution < 1.29 is 12.6 Å². The summed E-state index contributed by atoms with van der Waals surface area (Å²) in [6.45, 7) is 1.99. The predicted octanol–water partition coefficient (Wildman–Crippen LogP) is 2.32. The Hall–Kier alpha value is -0.0900. The SMILES string of the molecule is CCC(OS(C)(=O)=O)C1CCCCC1. The van der Waals surface area contributed by atoms with Crippen molar-refractivity contribution in [2.24, 2.45) is 5.92 Å². The Morgan fingerprint density at radius 2 is 1.86 bits per heavy atom. The fraction of sp³-hybridized carbons (Fsp3) is 1.00. The van der Waals surface area contributed by atoms with Gasteiger partial charge < -0.3 is 0 Å². The van der Waals surface area contributed by atoms with E-state index in [0.717, 1.165) is 25.5 Å². The van der Waals surface area contributed by atoms with Gasteiger partial charge in [-0.15, -0.1) is 0 Å². The van der Waals surface area contributed by atoms with E-state index in [1.54, 1.807) is 0 Å². The molecule has 1 fully saturated rings. The molecule has 1 atom stereocenters. The summed E-state index contributed by atoms with van der Waals surface area (Å²) in [7, 11) is -3.28. The van der Waals surface area contributed by atoms with E-state index < -0.39 is 10.1 Å². The van der Waals surface area contributed by atoms with Crippen LogP contribution in [-0.4, -0.2) is 20.8 Å². The van der Waals surface area contributed by atoms with Crippen molar-refractivity contribution in [1.82, 2.24) is 0 Å². The maximum absolute atomic E-state index is 11.0. The van der Waals surface area contributed by atoms with E-state index in [0.29, 0.717) is 5.92 Å². The highest BCUT2D eigenvalue weighted by Crippen LogP contribution is 2.29. The summed E-state index contributed by atoms with van der Waals surface area (Å²) >= 11 is 0. The van der Waals surface area contributed by atoms with Crippen LogP contribution in [0.3, 0.4) is 0 Å². The van der Waals surface area contributed by atoms with Crippen LogP contribution in [-0.2, 0) is 14.3 Å². The van der Waals surface area contributed by atoms with Gasteiger partial charge in [0, 0.05) is 0 Å². The van der Waals surface area contributed by atoms with Gasteiger partial charge in [-0.2, -0.15) is 8.42 Å². The molecule has 0 N–H and O–H groups in total. The van der Waals surface area contributed by atoms with Gasteiger partial charge >= 0.3 is 0 Å². The molecule has 1 saturated carbocycles. The molecule has 4 heteroatoms. The highest BCUT2D eigenvalue weighted by molar-refractivity contribution is 7.86. The third-order valence-electron chi connectivity index (χ3n) is 2.88. The van der Waals surface area contributed by atoms with Crippen molar-refractivity contribution in [1.29, 1.82) is 0 Å². The maximum atomic E-state index is 11.0. The molecule has 0 saturated heterocycles. The second kappa shape index (κ2) is 5.12. The van der Waals surface area contributed by atoms with Crippen molar-refractivity contribution in [3.05, 3.63) is 0 Å². The molecule has 0 bridgehead atoms. The summed E-state index contributed by atoms with van der Waals surface area (Å²) in [6, 6.07) is 0. The van der Waals surface area contributed by atoms with Gasteiger partial charge in [0.25, 0.3) is 10.1 Å².